The first-order valence-electron chi connectivity index (χ1n) is 6.69. The van der Waals surface area contributed by atoms with Crippen LogP contribution in [0.3, 0.4) is 0 Å². The van der Waals surface area contributed by atoms with Crippen molar-refractivity contribution in [1.29, 1.82) is 0 Å². The summed E-state index contributed by atoms with van der Waals surface area (Å²) in [4.78, 5) is 4.44. The van der Waals surface area contributed by atoms with Gasteiger partial charge in [0, 0.05) is 23.3 Å². The lowest BCUT2D eigenvalue weighted by Crippen LogP contribution is -2.07. The summed E-state index contributed by atoms with van der Waals surface area (Å²) in [7, 11) is 0. The van der Waals surface area contributed by atoms with Gasteiger partial charge in [0.15, 0.2) is 5.75 Å². The molecule has 0 aliphatic heterocycles. The van der Waals surface area contributed by atoms with Gasteiger partial charge in [-0.1, -0.05) is 19.1 Å². The number of nitrogens with one attached hydrogen (secondary N) is 1. The Balaban J connectivity index is 2.71. The van der Waals surface area contributed by atoms with Gasteiger partial charge >= 0.3 is 6.61 Å². The van der Waals surface area contributed by atoms with Crippen molar-refractivity contribution < 1.29 is 13.5 Å². The predicted octanol–water partition coefficient (Wildman–Crippen LogP) is 4.14. The van der Waals surface area contributed by atoms with E-state index in [4.69, 9.17) is 0 Å². The van der Waals surface area contributed by atoms with Crippen LogP contribution in [-0.2, 0) is 6.42 Å². The van der Waals surface area contributed by atoms with Crippen LogP contribution in [0, 0.1) is 6.92 Å². The number of alkyl halides is 2. The van der Waals surface area contributed by atoms with E-state index in [0.717, 1.165) is 35.3 Å². The highest BCUT2D eigenvalue weighted by Crippen LogP contribution is 2.34. The number of para-hydroxylation sites is 1. The van der Waals surface area contributed by atoms with E-state index < -0.39 is 6.61 Å². The number of hydrogen-bond donors (Lipinski definition) is 1. The molecule has 20 heavy (non-hydrogen) atoms. The summed E-state index contributed by atoms with van der Waals surface area (Å²) in [6.45, 7) is 3.84. The summed E-state index contributed by atoms with van der Waals surface area (Å²) < 4.78 is 29.5. The third kappa shape index (κ3) is 2.66. The fraction of sp³-hybridized carbons (Fsp3) is 0.400. The van der Waals surface area contributed by atoms with Gasteiger partial charge in [-0.15, -0.1) is 0 Å². The van der Waals surface area contributed by atoms with Crippen molar-refractivity contribution >= 4 is 16.6 Å². The molecule has 0 atom stereocenters. The summed E-state index contributed by atoms with van der Waals surface area (Å²) in [6.07, 6.45) is 0.830. The van der Waals surface area contributed by atoms with Crippen molar-refractivity contribution in [2.75, 3.05) is 11.9 Å². The Morgan fingerprint density at radius 2 is 2.05 bits per heavy atom. The average molecular weight is 280 g/mol. The molecule has 0 aliphatic carbocycles. The Hall–Kier alpha value is -1.91. The number of fused-ring (bicyclic) bond motifs is 1. The summed E-state index contributed by atoms with van der Waals surface area (Å²) in [5.74, 6) is 0.113. The summed E-state index contributed by atoms with van der Waals surface area (Å²) >= 11 is 0. The van der Waals surface area contributed by atoms with Crippen LogP contribution in [0.2, 0.25) is 0 Å². The minimum atomic E-state index is -2.85. The Labute approximate surface area is 117 Å². The van der Waals surface area contributed by atoms with Gasteiger partial charge in [0.2, 0.25) is 0 Å². The number of rotatable bonds is 5. The Kier molecular flexibility index (Phi) is 4.37. The molecule has 108 valence electrons. The molecular formula is C15H18F2N2O. The second kappa shape index (κ2) is 6.03. The van der Waals surface area contributed by atoms with Gasteiger partial charge in [-0.05, 0) is 31.9 Å². The van der Waals surface area contributed by atoms with Crippen molar-refractivity contribution in [2.45, 2.75) is 33.8 Å². The van der Waals surface area contributed by atoms with Gasteiger partial charge in [0.25, 0.3) is 0 Å². The van der Waals surface area contributed by atoms with Crippen LogP contribution < -0.4 is 10.1 Å². The summed E-state index contributed by atoms with van der Waals surface area (Å²) in [6, 6.07) is 5.09. The number of aromatic nitrogens is 1. The van der Waals surface area contributed by atoms with E-state index in [1.165, 1.54) is 6.07 Å². The zero-order valence-corrected chi connectivity index (χ0v) is 11.8. The maximum absolute atomic E-state index is 12.5. The van der Waals surface area contributed by atoms with Crippen molar-refractivity contribution in [3.63, 3.8) is 0 Å². The Morgan fingerprint density at radius 3 is 2.65 bits per heavy atom. The number of halogens is 2. The fourth-order valence-electron chi connectivity index (χ4n) is 2.42. The third-order valence-corrected chi connectivity index (χ3v) is 3.21. The Bertz CT molecular complexity index is 614. The Morgan fingerprint density at radius 1 is 1.30 bits per heavy atom. The zero-order chi connectivity index (χ0) is 14.7. The van der Waals surface area contributed by atoms with Crippen LogP contribution in [-0.4, -0.2) is 18.1 Å². The van der Waals surface area contributed by atoms with Crippen molar-refractivity contribution in [3.05, 3.63) is 29.5 Å². The third-order valence-electron chi connectivity index (χ3n) is 3.21. The second-order valence-corrected chi connectivity index (χ2v) is 4.47. The van der Waals surface area contributed by atoms with Crippen LogP contribution in [0.15, 0.2) is 18.2 Å². The molecule has 0 fully saturated rings. The molecule has 1 N–H and O–H groups in total. The van der Waals surface area contributed by atoms with E-state index in [0.29, 0.717) is 5.52 Å². The zero-order valence-electron chi connectivity index (χ0n) is 11.8. The molecule has 0 aliphatic rings. The number of benzene rings is 1. The minimum absolute atomic E-state index is 0.113. The number of nitrogens with zero attached hydrogens (tertiary/aromatic N) is 1. The van der Waals surface area contributed by atoms with Crippen LogP contribution >= 0.6 is 0 Å². The number of ether oxygens (including phenoxy) is 1. The highest BCUT2D eigenvalue weighted by atomic mass is 19.3. The van der Waals surface area contributed by atoms with Crippen LogP contribution in [0.25, 0.3) is 10.9 Å². The molecule has 1 aromatic carbocycles. The molecule has 3 nitrogen and oxygen atoms in total. The number of hydrogen-bond acceptors (Lipinski definition) is 3. The average Bonchev–Trinajstić information content (AvgIpc) is 2.39. The van der Waals surface area contributed by atoms with Gasteiger partial charge < -0.3 is 10.1 Å². The van der Waals surface area contributed by atoms with Gasteiger partial charge in [-0.25, -0.2) is 4.98 Å². The lowest BCUT2D eigenvalue weighted by Gasteiger charge is -2.17. The van der Waals surface area contributed by atoms with Crippen LogP contribution in [0.1, 0.15) is 25.1 Å². The number of anilines is 1. The largest absolute Gasteiger partial charge is 0.432 e. The molecule has 0 saturated heterocycles. The molecule has 1 aromatic heterocycles. The first kappa shape index (κ1) is 14.5. The maximum Gasteiger partial charge on any atom is 0.387 e. The fourth-order valence-corrected chi connectivity index (χ4v) is 2.42. The first-order chi connectivity index (χ1) is 9.58. The first-order valence-corrected chi connectivity index (χ1v) is 6.69. The molecule has 2 rings (SSSR count). The van der Waals surface area contributed by atoms with Crippen LogP contribution in [0.4, 0.5) is 14.5 Å². The van der Waals surface area contributed by atoms with Gasteiger partial charge in [-0.3, -0.25) is 0 Å². The highest BCUT2D eigenvalue weighted by molar-refractivity contribution is 5.96. The SMILES string of the molecule is CCNc1c(CC)c(C)nc2c(OC(F)F)cccc12. The minimum Gasteiger partial charge on any atom is -0.432 e. The smallest absolute Gasteiger partial charge is 0.387 e. The normalized spacial score (nSPS) is 11.1. The number of aryl methyl sites for hydroxylation is 1. The lowest BCUT2D eigenvalue weighted by molar-refractivity contribution is -0.0489. The van der Waals surface area contributed by atoms with E-state index in [9.17, 15) is 8.78 Å². The lowest BCUT2D eigenvalue weighted by atomic mass is 10.0. The van der Waals surface area contributed by atoms with E-state index in [-0.39, 0.29) is 5.75 Å². The molecule has 0 bridgehead atoms. The second-order valence-electron chi connectivity index (χ2n) is 4.47. The summed E-state index contributed by atoms with van der Waals surface area (Å²) in [5.41, 5.74) is 3.37. The van der Waals surface area contributed by atoms with E-state index in [1.807, 2.05) is 19.9 Å². The van der Waals surface area contributed by atoms with Crippen molar-refractivity contribution in [3.8, 4) is 5.75 Å². The van der Waals surface area contributed by atoms with E-state index >= 15 is 0 Å². The number of pyridine rings is 1. The predicted molar refractivity (Wildman–Crippen MR) is 76.7 cm³/mol. The molecular weight excluding hydrogens is 262 g/mol. The summed E-state index contributed by atoms with van der Waals surface area (Å²) in [5, 5.41) is 4.12. The van der Waals surface area contributed by atoms with Crippen molar-refractivity contribution in [2.24, 2.45) is 0 Å². The topological polar surface area (TPSA) is 34.2 Å². The molecule has 0 unspecified atom stereocenters. The monoisotopic (exact) mass is 280 g/mol. The molecule has 0 saturated carbocycles. The maximum atomic E-state index is 12.5. The van der Waals surface area contributed by atoms with E-state index in [2.05, 4.69) is 22.0 Å². The molecule has 2 aromatic rings. The molecule has 5 heteroatoms. The van der Waals surface area contributed by atoms with Gasteiger partial charge in [0.05, 0.1) is 0 Å². The highest BCUT2D eigenvalue weighted by Gasteiger charge is 2.15. The molecule has 0 spiro atoms. The molecule has 0 amide bonds. The molecule has 1 heterocycles. The van der Waals surface area contributed by atoms with Crippen molar-refractivity contribution in [1.82, 2.24) is 4.98 Å². The van der Waals surface area contributed by atoms with Crippen LogP contribution in [0.5, 0.6) is 5.75 Å². The quantitative estimate of drug-likeness (QED) is 0.893. The van der Waals surface area contributed by atoms with Gasteiger partial charge in [0.1, 0.15) is 5.52 Å². The standard InChI is InChI=1S/C15H18F2N2O/c1-4-10-9(3)19-14-11(13(10)18-5-2)7-6-8-12(14)20-15(16)17/h6-8,15H,4-5H2,1-3H3,(H,18,19). The van der Waals surface area contributed by atoms with E-state index in [1.54, 1.807) is 6.07 Å². The molecule has 0 radical (unpaired) electrons. The van der Waals surface area contributed by atoms with Gasteiger partial charge in [-0.2, -0.15) is 8.78 Å².